The van der Waals surface area contributed by atoms with E-state index in [1.165, 1.54) is 5.56 Å². The van der Waals surface area contributed by atoms with Gasteiger partial charge in [0, 0.05) is 29.3 Å². The number of phenols is 1. The van der Waals surface area contributed by atoms with Crippen LogP contribution in [0.25, 0.3) is 0 Å². The van der Waals surface area contributed by atoms with Gasteiger partial charge in [0.15, 0.2) is 0 Å². The molecule has 0 unspecified atom stereocenters. The van der Waals surface area contributed by atoms with E-state index in [1.54, 1.807) is 6.07 Å². The molecule has 0 amide bonds. The molecule has 2 nitrogen and oxygen atoms in total. The summed E-state index contributed by atoms with van der Waals surface area (Å²) < 4.78 is 0.979. The van der Waals surface area contributed by atoms with E-state index in [-0.39, 0.29) is 0 Å². The number of nitrogens with zero attached hydrogens (tertiary/aromatic N) is 1. The van der Waals surface area contributed by atoms with Crippen LogP contribution in [0, 0.1) is 6.92 Å². The minimum absolute atomic E-state index is 0.331. The van der Waals surface area contributed by atoms with Crippen LogP contribution >= 0.6 is 15.9 Å². The standard InChI is InChI=1S/C15H16BrNO/c1-11-3-6-14(7-4-11)17(2)10-12-9-13(16)5-8-15(12)18/h3-9,18H,10H2,1-2H3. The van der Waals surface area contributed by atoms with E-state index in [0.717, 1.165) is 15.7 Å². The van der Waals surface area contributed by atoms with Crippen LogP contribution in [0.5, 0.6) is 5.75 Å². The monoisotopic (exact) mass is 305 g/mol. The summed E-state index contributed by atoms with van der Waals surface area (Å²) in [6, 6.07) is 13.8. The summed E-state index contributed by atoms with van der Waals surface area (Å²) in [4.78, 5) is 2.11. The van der Waals surface area contributed by atoms with Gasteiger partial charge >= 0.3 is 0 Å². The van der Waals surface area contributed by atoms with Gasteiger partial charge in [-0.15, -0.1) is 0 Å². The number of benzene rings is 2. The SMILES string of the molecule is Cc1ccc(N(C)Cc2cc(Br)ccc2O)cc1. The molecule has 2 rings (SSSR count). The average molecular weight is 306 g/mol. The van der Waals surface area contributed by atoms with Gasteiger partial charge in [0.25, 0.3) is 0 Å². The van der Waals surface area contributed by atoms with Gasteiger partial charge in [-0.3, -0.25) is 0 Å². The Hall–Kier alpha value is -1.48. The number of anilines is 1. The first-order valence-electron chi connectivity index (χ1n) is 5.81. The van der Waals surface area contributed by atoms with Crippen molar-refractivity contribution in [1.29, 1.82) is 0 Å². The molecule has 1 N–H and O–H groups in total. The van der Waals surface area contributed by atoms with E-state index in [0.29, 0.717) is 12.3 Å². The van der Waals surface area contributed by atoms with Crippen molar-refractivity contribution in [2.24, 2.45) is 0 Å². The highest BCUT2D eigenvalue weighted by molar-refractivity contribution is 9.10. The lowest BCUT2D eigenvalue weighted by atomic mass is 10.1. The summed E-state index contributed by atoms with van der Waals surface area (Å²) in [5.41, 5.74) is 3.30. The second-order valence-electron chi connectivity index (χ2n) is 4.46. The Morgan fingerprint density at radius 3 is 2.44 bits per heavy atom. The molecule has 0 aliphatic rings. The molecular formula is C15H16BrNO. The van der Waals surface area contributed by atoms with Crippen LogP contribution in [0.1, 0.15) is 11.1 Å². The second-order valence-corrected chi connectivity index (χ2v) is 5.38. The fourth-order valence-corrected chi connectivity index (χ4v) is 2.24. The Balaban J connectivity index is 2.18. The van der Waals surface area contributed by atoms with Crippen LogP contribution in [-0.4, -0.2) is 12.2 Å². The molecule has 0 atom stereocenters. The van der Waals surface area contributed by atoms with Crippen LogP contribution in [0.3, 0.4) is 0 Å². The fourth-order valence-electron chi connectivity index (χ4n) is 1.83. The first-order chi connectivity index (χ1) is 8.56. The van der Waals surface area contributed by atoms with Crippen molar-refractivity contribution in [1.82, 2.24) is 0 Å². The van der Waals surface area contributed by atoms with Crippen LogP contribution in [0.15, 0.2) is 46.9 Å². The smallest absolute Gasteiger partial charge is 0.120 e. The van der Waals surface area contributed by atoms with E-state index in [2.05, 4.69) is 52.0 Å². The van der Waals surface area contributed by atoms with Crippen molar-refractivity contribution < 1.29 is 5.11 Å². The highest BCUT2D eigenvalue weighted by atomic mass is 79.9. The molecule has 0 radical (unpaired) electrons. The number of phenolic OH excluding ortho intramolecular Hbond substituents is 1. The average Bonchev–Trinajstić information content (AvgIpc) is 2.34. The third-order valence-electron chi connectivity index (χ3n) is 2.92. The number of hydrogen-bond acceptors (Lipinski definition) is 2. The van der Waals surface area contributed by atoms with Crippen LogP contribution in [-0.2, 0) is 6.54 Å². The molecule has 3 heteroatoms. The molecule has 18 heavy (non-hydrogen) atoms. The van der Waals surface area contributed by atoms with Crippen molar-refractivity contribution in [3.63, 3.8) is 0 Å². The van der Waals surface area contributed by atoms with Crippen molar-refractivity contribution >= 4 is 21.6 Å². The number of hydrogen-bond donors (Lipinski definition) is 1. The highest BCUT2D eigenvalue weighted by Crippen LogP contribution is 2.25. The molecule has 0 saturated carbocycles. The molecule has 2 aromatic carbocycles. The van der Waals surface area contributed by atoms with E-state index >= 15 is 0 Å². The minimum atomic E-state index is 0.331. The molecule has 0 heterocycles. The largest absolute Gasteiger partial charge is 0.508 e. The van der Waals surface area contributed by atoms with Crippen molar-refractivity contribution in [2.45, 2.75) is 13.5 Å². The van der Waals surface area contributed by atoms with Crippen molar-refractivity contribution in [3.05, 3.63) is 58.1 Å². The topological polar surface area (TPSA) is 23.5 Å². The van der Waals surface area contributed by atoms with Gasteiger partial charge in [-0.05, 0) is 37.3 Å². The Bertz CT molecular complexity index is 537. The Labute approximate surface area is 116 Å². The fraction of sp³-hybridized carbons (Fsp3) is 0.200. The van der Waals surface area contributed by atoms with Gasteiger partial charge in [0.05, 0.1) is 0 Å². The lowest BCUT2D eigenvalue weighted by Gasteiger charge is -2.20. The summed E-state index contributed by atoms with van der Waals surface area (Å²) in [5.74, 6) is 0.331. The van der Waals surface area contributed by atoms with Crippen LogP contribution in [0.2, 0.25) is 0 Å². The first kappa shape index (κ1) is 13.0. The summed E-state index contributed by atoms with van der Waals surface area (Å²) in [6.07, 6.45) is 0. The maximum Gasteiger partial charge on any atom is 0.120 e. The molecule has 0 aliphatic heterocycles. The predicted molar refractivity (Wildman–Crippen MR) is 79.1 cm³/mol. The number of aryl methyl sites for hydroxylation is 1. The first-order valence-corrected chi connectivity index (χ1v) is 6.61. The van der Waals surface area contributed by atoms with Gasteiger partial charge in [0.1, 0.15) is 5.75 Å². The number of aromatic hydroxyl groups is 1. The normalized spacial score (nSPS) is 10.4. The Kier molecular flexibility index (Phi) is 3.92. The van der Waals surface area contributed by atoms with Gasteiger partial charge in [-0.1, -0.05) is 33.6 Å². The van der Waals surface area contributed by atoms with Crippen LogP contribution < -0.4 is 4.90 Å². The lowest BCUT2D eigenvalue weighted by molar-refractivity contribution is 0.467. The summed E-state index contributed by atoms with van der Waals surface area (Å²) >= 11 is 3.42. The highest BCUT2D eigenvalue weighted by Gasteiger charge is 2.06. The zero-order chi connectivity index (χ0) is 13.1. The molecule has 2 aromatic rings. The quantitative estimate of drug-likeness (QED) is 0.923. The molecule has 0 spiro atoms. The van der Waals surface area contributed by atoms with Crippen molar-refractivity contribution in [3.8, 4) is 5.75 Å². The molecule has 0 fully saturated rings. The zero-order valence-corrected chi connectivity index (χ0v) is 12.1. The molecular weight excluding hydrogens is 290 g/mol. The third-order valence-corrected chi connectivity index (χ3v) is 3.42. The van der Waals surface area contributed by atoms with Gasteiger partial charge in [-0.2, -0.15) is 0 Å². The van der Waals surface area contributed by atoms with E-state index < -0.39 is 0 Å². The Morgan fingerprint density at radius 1 is 1.11 bits per heavy atom. The molecule has 0 bridgehead atoms. The maximum atomic E-state index is 9.83. The third kappa shape index (κ3) is 3.05. The van der Waals surface area contributed by atoms with E-state index in [4.69, 9.17) is 0 Å². The molecule has 0 saturated heterocycles. The van der Waals surface area contributed by atoms with Crippen molar-refractivity contribution in [2.75, 3.05) is 11.9 Å². The van der Waals surface area contributed by atoms with E-state index in [1.807, 2.05) is 19.2 Å². The summed E-state index contributed by atoms with van der Waals surface area (Å²) in [5, 5.41) is 9.83. The number of halogens is 1. The zero-order valence-electron chi connectivity index (χ0n) is 10.5. The van der Waals surface area contributed by atoms with Gasteiger partial charge < -0.3 is 10.0 Å². The summed E-state index contributed by atoms with van der Waals surface area (Å²) in [6.45, 7) is 2.75. The Morgan fingerprint density at radius 2 is 1.78 bits per heavy atom. The predicted octanol–water partition coefficient (Wildman–Crippen LogP) is 4.10. The maximum absolute atomic E-state index is 9.83. The molecule has 94 valence electrons. The molecule has 0 aliphatic carbocycles. The summed E-state index contributed by atoms with van der Waals surface area (Å²) in [7, 11) is 2.02. The van der Waals surface area contributed by atoms with Crippen LogP contribution in [0.4, 0.5) is 5.69 Å². The second kappa shape index (κ2) is 5.44. The minimum Gasteiger partial charge on any atom is -0.508 e. The lowest BCUT2D eigenvalue weighted by Crippen LogP contribution is -2.16. The van der Waals surface area contributed by atoms with E-state index in [9.17, 15) is 5.11 Å². The molecule has 0 aromatic heterocycles. The van der Waals surface area contributed by atoms with Gasteiger partial charge in [0.2, 0.25) is 0 Å². The van der Waals surface area contributed by atoms with Gasteiger partial charge in [-0.25, -0.2) is 0 Å². The number of rotatable bonds is 3.